The van der Waals surface area contributed by atoms with Crippen LogP contribution in [0.1, 0.15) is 42.1 Å². The highest BCUT2D eigenvalue weighted by atomic mass is 16.3. The van der Waals surface area contributed by atoms with E-state index in [1.165, 1.54) is 6.42 Å². The average Bonchev–Trinajstić information content (AvgIpc) is 2.61. The molecular formula is C19H30N2O3. The third-order valence-corrected chi connectivity index (χ3v) is 4.68. The van der Waals surface area contributed by atoms with Crippen molar-refractivity contribution in [3.8, 4) is 0 Å². The van der Waals surface area contributed by atoms with E-state index in [0.29, 0.717) is 13.1 Å². The summed E-state index contributed by atoms with van der Waals surface area (Å²) in [5.74, 6) is 0.120. The summed E-state index contributed by atoms with van der Waals surface area (Å²) in [6.07, 6.45) is 3.40. The smallest absolute Gasteiger partial charge is 0.253 e. The zero-order chi connectivity index (χ0) is 17.6. The van der Waals surface area contributed by atoms with Gasteiger partial charge >= 0.3 is 0 Å². The lowest BCUT2D eigenvalue weighted by Crippen LogP contribution is -2.38. The second-order valence-corrected chi connectivity index (χ2v) is 7.35. The van der Waals surface area contributed by atoms with Gasteiger partial charge in [0.15, 0.2) is 0 Å². The molecule has 0 bridgehead atoms. The van der Waals surface area contributed by atoms with Crippen LogP contribution in [0, 0.1) is 5.41 Å². The van der Waals surface area contributed by atoms with Gasteiger partial charge in [0, 0.05) is 37.2 Å². The van der Waals surface area contributed by atoms with Crippen LogP contribution in [-0.4, -0.2) is 65.8 Å². The second kappa shape index (κ2) is 8.60. The Bertz CT molecular complexity index is 537. The van der Waals surface area contributed by atoms with Crippen LogP contribution in [0.3, 0.4) is 0 Å². The Morgan fingerprint density at radius 1 is 1.21 bits per heavy atom. The van der Waals surface area contributed by atoms with Crippen molar-refractivity contribution in [1.29, 1.82) is 0 Å². The molecule has 0 atom stereocenters. The van der Waals surface area contributed by atoms with Crippen LogP contribution in [0.4, 0.5) is 0 Å². The standard InChI is InChI=1S/C19H30N2O3/c1-19(14-22,15-23)13-20(2)12-16-7-6-8-17(11-16)18(24)21-9-4-3-5-10-21/h6-8,11,22-23H,3-5,9-10,12-15H2,1-2H3. The van der Waals surface area contributed by atoms with Gasteiger partial charge in [0.05, 0.1) is 13.2 Å². The molecule has 0 aromatic heterocycles. The SMILES string of the molecule is CN(Cc1cccc(C(=O)N2CCCCC2)c1)CC(C)(CO)CO. The largest absolute Gasteiger partial charge is 0.396 e. The van der Waals surface area contributed by atoms with Crippen molar-refractivity contribution in [2.45, 2.75) is 32.7 Å². The minimum atomic E-state index is -0.518. The minimum absolute atomic E-state index is 0.0542. The van der Waals surface area contributed by atoms with Gasteiger partial charge < -0.3 is 20.0 Å². The van der Waals surface area contributed by atoms with E-state index in [9.17, 15) is 15.0 Å². The first-order valence-electron chi connectivity index (χ1n) is 8.76. The summed E-state index contributed by atoms with van der Waals surface area (Å²) in [5, 5.41) is 18.8. The molecule has 24 heavy (non-hydrogen) atoms. The number of carbonyl (C=O) groups excluding carboxylic acids is 1. The number of likely N-dealkylation sites (tertiary alicyclic amines) is 1. The molecule has 1 fully saturated rings. The van der Waals surface area contributed by atoms with Gasteiger partial charge in [0.25, 0.3) is 5.91 Å². The maximum Gasteiger partial charge on any atom is 0.253 e. The lowest BCUT2D eigenvalue weighted by Gasteiger charge is -2.30. The molecule has 5 heteroatoms. The highest BCUT2D eigenvalue weighted by Crippen LogP contribution is 2.18. The van der Waals surface area contributed by atoms with Crippen LogP contribution >= 0.6 is 0 Å². The number of aliphatic hydroxyl groups is 2. The molecule has 1 heterocycles. The Hall–Kier alpha value is -1.43. The third-order valence-electron chi connectivity index (χ3n) is 4.68. The number of nitrogens with zero attached hydrogens (tertiary/aromatic N) is 2. The fourth-order valence-corrected chi connectivity index (χ4v) is 3.25. The van der Waals surface area contributed by atoms with E-state index in [0.717, 1.165) is 37.1 Å². The fraction of sp³-hybridized carbons (Fsp3) is 0.632. The van der Waals surface area contributed by atoms with Gasteiger partial charge in [-0.05, 0) is 44.0 Å². The number of hydrogen-bond acceptors (Lipinski definition) is 4. The second-order valence-electron chi connectivity index (χ2n) is 7.35. The van der Waals surface area contributed by atoms with Gasteiger partial charge in [0.1, 0.15) is 0 Å². The van der Waals surface area contributed by atoms with Gasteiger partial charge in [0.2, 0.25) is 0 Å². The maximum absolute atomic E-state index is 12.6. The molecule has 1 saturated heterocycles. The number of rotatable bonds is 7. The lowest BCUT2D eigenvalue weighted by molar-refractivity contribution is 0.0402. The van der Waals surface area contributed by atoms with E-state index < -0.39 is 5.41 Å². The van der Waals surface area contributed by atoms with Crippen molar-refractivity contribution in [1.82, 2.24) is 9.80 Å². The Kier molecular flexibility index (Phi) is 6.78. The predicted octanol–water partition coefficient (Wildman–Crippen LogP) is 1.74. The van der Waals surface area contributed by atoms with E-state index in [1.54, 1.807) is 0 Å². The first kappa shape index (κ1) is 18.9. The molecule has 2 rings (SSSR count). The number of amides is 1. The normalized spacial score (nSPS) is 15.8. The Balaban J connectivity index is 2.00. The third kappa shape index (κ3) is 5.03. The van der Waals surface area contributed by atoms with Gasteiger partial charge in [-0.25, -0.2) is 0 Å². The molecule has 1 amide bonds. The Morgan fingerprint density at radius 3 is 2.50 bits per heavy atom. The fourth-order valence-electron chi connectivity index (χ4n) is 3.25. The zero-order valence-corrected chi connectivity index (χ0v) is 14.9. The highest BCUT2D eigenvalue weighted by Gasteiger charge is 2.24. The molecule has 2 N–H and O–H groups in total. The van der Waals surface area contributed by atoms with Crippen LogP contribution in [-0.2, 0) is 6.54 Å². The summed E-state index contributed by atoms with van der Waals surface area (Å²) < 4.78 is 0. The summed E-state index contributed by atoms with van der Waals surface area (Å²) >= 11 is 0. The zero-order valence-electron chi connectivity index (χ0n) is 14.9. The summed E-state index contributed by atoms with van der Waals surface area (Å²) in [6, 6.07) is 7.78. The molecule has 0 radical (unpaired) electrons. The van der Waals surface area contributed by atoms with Gasteiger partial charge in [-0.3, -0.25) is 4.79 Å². The quantitative estimate of drug-likeness (QED) is 0.797. The van der Waals surface area contributed by atoms with E-state index in [2.05, 4.69) is 4.90 Å². The van der Waals surface area contributed by atoms with Crippen molar-refractivity contribution >= 4 is 5.91 Å². The molecule has 1 aromatic rings. The molecule has 1 aromatic carbocycles. The van der Waals surface area contributed by atoms with Crippen LogP contribution < -0.4 is 0 Å². The summed E-state index contributed by atoms with van der Waals surface area (Å²) in [6.45, 7) is 4.73. The van der Waals surface area contributed by atoms with Crippen molar-refractivity contribution in [2.24, 2.45) is 5.41 Å². The molecule has 0 saturated carbocycles. The van der Waals surface area contributed by atoms with E-state index >= 15 is 0 Å². The number of carbonyl (C=O) groups is 1. The summed E-state index contributed by atoms with van der Waals surface area (Å²) in [7, 11) is 1.96. The van der Waals surface area contributed by atoms with Crippen molar-refractivity contribution in [3.63, 3.8) is 0 Å². The minimum Gasteiger partial charge on any atom is -0.396 e. The van der Waals surface area contributed by atoms with Crippen LogP contribution in [0.15, 0.2) is 24.3 Å². The van der Waals surface area contributed by atoms with Crippen molar-refractivity contribution in [2.75, 3.05) is 39.9 Å². The number of benzene rings is 1. The molecule has 1 aliphatic heterocycles. The molecule has 0 unspecified atom stereocenters. The summed E-state index contributed by atoms with van der Waals surface area (Å²) in [4.78, 5) is 16.6. The maximum atomic E-state index is 12.6. The van der Waals surface area contributed by atoms with E-state index in [4.69, 9.17) is 0 Å². The van der Waals surface area contributed by atoms with Crippen molar-refractivity contribution < 1.29 is 15.0 Å². The number of aliphatic hydroxyl groups excluding tert-OH is 2. The van der Waals surface area contributed by atoms with E-state index in [-0.39, 0.29) is 19.1 Å². The van der Waals surface area contributed by atoms with Crippen molar-refractivity contribution in [3.05, 3.63) is 35.4 Å². The van der Waals surface area contributed by atoms with Gasteiger partial charge in [-0.2, -0.15) is 0 Å². The molecular weight excluding hydrogens is 304 g/mol. The Labute approximate surface area is 144 Å². The lowest BCUT2D eigenvalue weighted by atomic mass is 9.92. The topological polar surface area (TPSA) is 64.0 Å². The highest BCUT2D eigenvalue weighted by molar-refractivity contribution is 5.94. The van der Waals surface area contributed by atoms with Crippen LogP contribution in [0.5, 0.6) is 0 Å². The van der Waals surface area contributed by atoms with Crippen LogP contribution in [0.2, 0.25) is 0 Å². The molecule has 0 spiro atoms. The monoisotopic (exact) mass is 334 g/mol. The molecule has 0 aliphatic carbocycles. The van der Waals surface area contributed by atoms with E-state index in [1.807, 2.05) is 43.1 Å². The molecule has 5 nitrogen and oxygen atoms in total. The first-order chi connectivity index (χ1) is 11.5. The molecule has 134 valence electrons. The average molecular weight is 334 g/mol. The first-order valence-corrected chi connectivity index (χ1v) is 8.76. The Morgan fingerprint density at radius 2 is 1.88 bits per heavy atom. The van der Waals surface area contributed by atoms with Gasteiger partial charge in [-0.1, -0.05) is 19.1 Å². The number of hydrogen-bond donors (Lipinski definition) is 2. The molecule has 1 aliphatic rings. The number of piperidine rings is 1. The van der Waals surface area contributed by atoms with Crippen LogP contribution in [0.25, 0.3) is 0 Å². The summed E-state index contributed by atoms with van der Waals surface area (Å²) in [5.41, 5.74) is 1.30. The van der Waals surface area contributed by atoms with Gasteiger partial charge in [-0.15, -0.1) is 0 Å². The predicted molar refractivity (Wildman–Crippen MR) is 94.8 cm³/mol.